The van der Waals surface area contributed by atoms with Crippen LogP contribution in [-0.2, 0) is 9.53 Å². The zero-order valence-corrected chi connectivity index (χ0v) is 10.1. The fourth-order valence-electron chi connectivity index (χ4n) is 1.14. The molecule has 0 aromatic carbocycles. The smallest absolute Gasteiger partial charge is 0.328 e. The molecule has 4 nitrogen and oxygen atoms in total. The van der Waals surface area contributed by atoms with Crippen LogP contribution in [0.15, 0.2) is 5.38 Å². The fraction of sp³-hybridized carbons (Fsp3) is 0.600. The maximum Gasteiger partial charge on any atom is 0.328 e. The van der Waals surface area contributed by atoms with Crippen molar-refractivity contribution >= 4 is 22.4 Å². The molecule has 1 rings (SSSR count). The molecule has 1 atom stereocenters. The van der Waals surface area contributed by atoms with Crippen LogP contribution in [0.2, 0.25) is 0 Å². The normalized spacial score (nSPS) is 12.2. The molecule has 1 unspecified atom stereocenters. The summed E-state index contributed by atoms with van der Waals surface area (Å²) < 4.78 is 4.95. The van der Waals surface area contributed by atoms with Gasteiger partial charge in [-0.05, 0) is 20.3 Å². The lowest BCUT2D eigenvalue weighted by atomic mass is 10.2. The number of hydrogen-bond donors (Lipinski definition) is 1. The van der Waals surface area contributed by atoms with Gasteiger partial charge in [0.1, 0.15) is 6.04 Å². The van der Waals surface area contributed by atoms with E-state index in [0.717, 1.165) is 10.8 Å². The second kappa shape index (κ2) is 5.70. The summed E-state index contributed by atoms with van der Waals surface area (Å²) in [5, 5.41) is 5.78. The summed E-state index contributed by atoms with van der Waals surface area (Å²) in [7, 11) is 0. The van der Waals surface area contributed by atoms with Gasteiger partial charge in [-0.1, -0.05) is 6.92 Å². The monoisotopic (exact) mass is 228 g/mol. The molecule has 1 heterocycles. The Balaban J connectivity index is 2.57. The number of esters is 1. The summed E-state index contributed by atoms with van der Waals surface area (Å²) in [5.74, 6) is -0.215. The van der Waals surface area contributed by atoms with Gasteiger partial charge in [-0.2, -0.15) is 0 Å². The molecular formula is C10H16N2O2S. The first kappa shape index (κ1) is 12.0. The third-order valence-electron chi connectivity index (χ3n) is 1.90. The molecule has 0 saturated carbocycles. The number of hydrogen-bond acceptors (Lipinski definition) is 5. The molecule has 5 heteroatoms. The van der Waals surface area contributed by atoms with Crippen molar-refractivity contribution in [1.82, 2.24) is 4.98 Å². The van der Waals surface area contributed by atoms with Crippen LogP contribution in [0.4, 0.5) is 5.13 Å². The van der Waals surface area contributed by atoms with Crippen LogP contribution in [0.1, 0.15) is 26.0 Å². The van der Waals surface area contributed by atoms with Gasteiger partial charge in [0.05, 0.1) is 12.3 Å². The molecule has 0 aliphatic rings. The highest BCUT2D eigenvalue weighted by Crippen LogP contribution is 2.16. The van der Waals surface area contributed by atoms with Crippen molar-refractivity contribution in [3.63, 3.8) is 0 Å². The highest BCUT2D eigenvalue weighted by Gasteiger charge is 2.18. The zero-order valence-electron chi connectivity index (χ0n) is 9.24. The number of ether oxygens (including phenoxy) is 1. The van der Waals surface area contributed by atoms with Crippen LogP contribution in [0.3, 0.4) is 0 Å². The fourth-order valence-corrected chi connectivity index (χ4v) is 1.88. The van der Waals surface area contributed by atoms with Crippen LogP contribution in [0.5, 0.6) is 0 Å². The van der Waals surface area contributed by atoms with Gasteiger partial charge < -0.3 is 10.1 Å². The van der Waals surface area contributed by atoms with Crippen molar-refractivity contribution in [3.8, 4) is 0 Å². The number of thiazole rings is 1. The second-order valence-corrected chi connectivity index (χ2v) is 4.01. The molecule has 1 aromatic rings. The minimum atomic E-state index is -0.296. The molecule has 1 aromatic heterocycles. The lowest BCUT2D eigenvalue weighted by molar-refractivity contribution is -0.144. The molecule has 0 aliphatic carbocycles. The van der Waals surface area contributed by atoms with Crippen LogP contribution in [-0.4, -0.2) is 23.6 Å². The quantitative estimate of drug-likeness (QED) is 0.785. The molecule has 0 radical (unpaired) electrons. The first-order valence-electron chi connectivity index (χ1n) is 5.02. The summed E-state index contributed by atoms with van der Waals surface area (Å²) in [4.78, 5) is 15.7. The van der Waals surface area contributed by atoms with Gasteiger partial charge in [-0.25, -0.2) is 9.78 Å². The van der Waals surface area contributed by atoms with Crippen LogP contribution in [0.25, 0.3) is 0 Å². The highest BCUT2D eigenvalue weighted by molar-refractivity contribution is 7.13. The maximum atomic E-state index is 11.5. The van der Waals surface area contributed by atoms with Gasteiger partial charge in [0.15, 0.2) is 5.13 Å². The maximum absolute atomic E-state index is 11.5. The summed E-state index contributed by atoms with van der Waals surface area (Å²) in [6, 6.07) is -0.296. The predicted octanol–water partition coefficient (Wildman–Crippen LogP) is 2.21. The van der Waals surface area contributed by atoms with E-state index in [4.69, 9.17) is 4.74 Å². The molecule has 1 N–H and O–H groups in total. The van der Waals surface area contributed by atoms with E-state index in [1.165, 1.54) is 11.3 Å². The van der Waals surface area contributed by atoms with Crippen LogP contribution in [0, 0.1) is 6.92 Å². The van der Waals surface area contributed by atoms with Gasteiger partial charge in [0.2, 0.25) is 0 Å². The van der Waals surface area contributed by atoms with E-state index in [1.54, 1.807) is 6.92 Å². The van der Waals surface area contributed by atoms with E-state index >= 15 is 0 Å². The highest BCUT2D eigenvalue weighted by atomic mass is 32.1. The Morgan fingerprint density at radius 2 is 2.40 bits per heavy atom. The lowest BCUT2D eigenvalue weighted by Gasteiger charge is -2.14. The Bertz CT molecular complexity index is 325. The summed E-state index contributed by atoms with van der Waals surface area (Å²) >= 11 is 1.50. The molecule has 0 bridgehead atoms. The van der Waals surface area contributed by atoms with Crippen molar-refractivity contribution in [1.29, 1.82) is 0 Å². The molecule has 84 valence electrons. The average molecular weight is 228 g/mol. The number of rotatable bonds is 5. The number of aromatic nitrogens is 1. The molecular weight excluding hydrogens is 212 g/mol. The van der Waals surface area contributed by atoms with E-state index in [-0.39, 0.29) is 12.0 Å². The van der Waals surface area contributed by atoms with Crippen molar-refractivity contribution in [2.45, 2.75) is 33.2 Å². The van der Waals surface area contributed by atoms with E-state index in [9.17, 15) is 4.79 Å². The average Bonchev–Trinajstić information content (AvgIpc) is 2.61. The number of anilines is 1. The van der Waals surface area contributed by atoms with Gasteiger partial charge in [0.25, 0.3) is 0 Å². The Morgan fingerprint density at radius 1 is 1.67 bits per heavy atom. The van der Waals surface area contributed by atoms with Crippen LogP contribution >= 0.6 is 11.3 Å². The third kappa shape index (κ3) is 3.51. The lowest BCUT2D eigenvalue weighted by Crippen LogP contribution is -2.30. The van der Waals surface area contributed by atoms with E-state index in [0.29, 0.717) is 13.0 Å². The van der Waals surface area contributed by atoms with Crippen molar-refractivity contribution in [2.24, 2.45) is 0 Å². The summed E-state index contributed by atoms with van der Waals surface area (Å²) in [6.45, 7) is 6.08. The Kier molecular flexibility index (Phi) is 4.55. The standard InChI is InChI=1S/C10H16N2O2S/c1-4-8(9(13)14-5-2)12-10-11-7(3)6-15-10/h6,8H,4-5H2,1-3H3,(H,11,12). The number of carbonyl (C=O) groups is 1. The van der Waals surface area contributed by atoms with Gasteiger partial charge in [-0.15, -0.1) is 11.3 Å². The molecule has 0 amide bonds. The van der Waals surface area contributed by atoms with Gasteiger partial charge >= 0.3 is 5.97 Å². The molecule has 0 fully saturated rings. The van der Waals surface area contributed by atoms with E-state index in [2.05, 4.69) is 10.3 Å². The molecule has 15 heavy (non-hydrogen) atoms. The van der Waals surface area contributed by atoms with Crippen molar-refractivity contribution in [2.75, 3.05) is 11.9 Å². The Labute approximate surface area is 93.7 Å². The largest absolute Gasteiger partial charge is 0.464 e. The number of carbonyl (C=O) groups excluding carboxylic acids is 1. The topological polar surface area (TPSA) is 51.2 Å². The third-order valence-corrected chi connectivity index (χ3v) is 2.79. The second-order valence-electron chi connectivity index (χ2n) is 3.15. The van der Waals surface area contributed by atoms with E-state index in [1.807, 2.05) is 19.2 Å². The minimum Gasteiger partial charge on any atom is -0.464 e. The SMILES string of the molecule is CCOC(=O)C(CC)Nc1nc(C)cs1. The molecule has 0 aliphatic heterocycles. The summed E-state index contributed by atoms with van der Waals surface area (Å²) in [5.41, 5.74) is 0.959. The van der Waals surface area contributed by atoms with Crippen molar-refractivity contribution < 1.29 is 9.53 Å². The Hall–Kier alpha value is -1.10. The Morgan fingerprint density at radius 3 is 2.87 bits per heavy atom. The first-order chi connectivity index (χ1) is 7.17. The predicted molar refractivity (Wildman–Crippen MR) is 61.2 cm³/mol. The molecule has 0 saturated heterocycles. The van der Waals surface area contributed by atoms with E-state index < -0.39 is 0 Å². The zero-order chi connectivity index (χ0) is 11.3. The molecule has 0 spiro atoms. The van der Waals surface area contributed by atoms with Gasteiger partial charge in [-0.3, -0.25) is 0 Å². The first-order valence-corrected chi connectivity index (χ1v) is 5.90. The van der Waals surface area contributed by atoms with Crippen molar-refractivity contribution in [3.05, 3.63) is 11.1 Å². The number of nitrogens with one attached hydrogen (secondary N) is 1. The van der Waals surface area contributed by atoms with Crippen LogP contribution < -0.4 is 5.32 Å². The van der Waals surface area contributed by atoms with Gasteiger partial charge in [0, 0.05) is 5.38 Å². The summed E-state index contributed by atoms with van der Waals surface area (Å²) in [6.07, 6.45) is 0.692. The minimum absolute atomic E-state index is 0.215. The number of aryl methyl sites for hydroxylation is 1. The number of nitrogens with zero attached hydrogens (tertiary/aromatic N) is 1.